The van der Waals surface area contributed by atoms with Gasteiger partial charge < -0.3 is 0 Å². The predicted octanol–water partition coefficient (Wildman–Crippen LogP) is 2.86. The van der Waals surface area contributed by atoms with Crippen molar-refractivity contribution in [3.8, 4) is 0 Å². The number of unbranched alkanes of at least 4 members (excludes halogenated alkanes) is 4. The lowest BCUT2D eigenvalue weighted by Gasteiger charge is -1.98. The van der Waals surface area contributed by atoms with Crippen molar-refractivity contribution in [2.75, 3.05) is 0 Å². The molecule has 0 aromatic rings. The van der Waals surface area contributed by atoms with E-state index in [1.807, 2.05) is 0 Å². The number of isocyanates is 2. The molecule has 0 aromatic carbocycles. The van der Waals surface area contributed by atoms with E-state index < -0.39 is 0 Å². The number of carbonyl (C=O) groups excluding carboxylic acids is 2. The Bertz CT molecular complexity index is 285. The standard InChI is InChI=1S/C11H16N2O2/c1-2-3-4-5-6-7-11(13-10-15)8-12-9-14/h8H,2-7H2,1H3. The molecule has 0 saturated heterocycles. The third-order valence-corrected chi connectivity index (χ3v) is 1.99. The summed E-state index contributed by atoms with van der Waals surface area (Å²) in [6.45, 7) is 2.15. The Hall–Kier alpha value is -1.50. The van der Waals surface area contributed by atoms with Crippen LogP contribution < -0.4 is 0 Å². The fourth-order valence-electron chi connectivity index (χ4n) is 1.22. The summed E-state index contributed by atoms with van der Waals surface area (Å²) >= 11 is 0. The molecule has 0 amide bonds. The topological polar surface area (TPSA) is 58.9 Å². The molecule has 0 saturated carbocycles. The van der Waals surface area contributed by atoms with Crippen LogP contribution >= 0.6 is 0 Å². The lowest BCUT2D eigenvalue weighted by Crippen LogP contribution is -1.82. The zero-order valence-electron chi connectivity index (χ0n) is 9.03. The summed E-state index contributed by atoms with van der Waals surface area (Å²) in [4.78, 5) is 26.6. The van der Waals surface area contributed by atoms with Crippen LogP contribution in [-0.4, -0.2) is 12.2 Å². The van der Waals surface area contributed by atoms with Crippen LogP contribution in [0.2, 0.25) is 0 Å². The van der Waals surface area contributed by atoms with E-state index in [1.54, 1.807) is 0 Å². The van der Waals surface area contributed by atoms with Crippen LogP contribution in [0.5, 0.6) is 0 Å². The monoisotopic (exact) mass is 208 g/mol. The number of aliphatic imine (C=N–C) groups is 2. The highest BCUT2D eigenvalue weighted by molar-refractivity contribution is 5.38. The molecule has 82 valence electrons. The average Bonchev–Trinajstić information content (AvgIpc) is 2.25. The zero-order valence-corrected chi connectivity index (χ0v) is 9.03. The van der Waals surface area contributed by atoms with Gasteiger partial charge in [0, 0.05) is 0 Å². The third kappa shape index (κ3) is 8.82. The first kappa shape index (κ1) is 13.5. The van der Waals surface area contributed by atoms with Crippen LogP contribution in [0.1, 0.15) is 45.4 Å². The van der Waals surface area contributed by atoms with Crippen LogP contribution in [0, 0.1) is 0 Å². The first-order valence-corrected chi connectivity index (χ1v) is 5.19. The Labute approximate surface area is 89.8 Å². The summed E-state index contributed by atoms with van der Waals surface area (Å²) in [5.41, 5.74) is 0.491. The minimum Gasteiger partial charge on any atom is -0.211 e. The van der Waals surface area contributed by atoms with Gasteiger partial charge in [-0.25, -0.2) is 9.59 Å². The second-order valence-corrected chi connectivity index (χ2v) is 3.21. The molecule has 0 bridgehead atoms. The molecular weight excluding hydrogens is 192 g/mol. The summed E-state index contributed by atoms with van der Waals surface area (Å²) in [6, 6.07) is 0. The van der Waals surface area contributed by atoms with E-state index in [-0.39, 0.29) is 0 Å². The molecule has 0 aliphatic heterocycles. The average molecular weight is 208 g/mol. The van der Waals surface area contributed by atoms with Crippen molar-refractivity contribution in [1.29, 1.82) is 0 Å². The van der Waals surface area contributed by atoms with Gasteiger partial charge in [0.25, 0.3) is 0 Å². The van der Waals surface area contributed by atoms with Gasteiger partial charge >= 0.3 is 0 Å². The van der Waals surface area contributed by atoms with Gasteiger partial charge in [0.2, 0.25) is 12.2 Å². The van der Waals surface area contributed by atoms with E-state index in [2.05, 4.69) is 16.9 Å². The minimum atomic E-state index is 0.491. The van der Waals surface area contributed by atoms with Gasteiger partial charge in [-0.05, 0) is 12.8 Å². The van der Waals surface area contributed by atoms with Crippen molar-refractivity contribution in [2.45, 2.75) is 45.4 Å². The molecule has 0 spiro atoms. The maximum absolute atomic E-state index is 10.0. The molecule has 4 nitrogen and oxygen atoms in total. The highest BCUT2D eigenvalue weighted by atomic mass is 16.1. The predicted molar refractivity (Wildman–Crippen MR) is 57.7 cm³/mol. The smallest absolute Gasteiger partial charge is 0.211 e. The van der Waals surface area contributed by atoms with Crippen LogP contribution in [0.15, 0.2) is 21.9 Å². The molecule has 4 heteroatoms. The van der Waals surface area contributed by atoms with Crippen LogP contribution in [0.25, 0.3) is 0 Å². The molecule has 0 rings (SSSR count). The Morgan fingerprint density at radius 2 is 1.87 bits per heavy atom. The summed E-state index contributed by atoms with van der Waals surface area (Å²) in [6.07, 6.45) is 10.4. The van der Waals surface area contributed by atoms with E-state index in [9.17, 15) is 9.59 Å². The molecule has 15 heavy (non-hydrogen) atoms. The van der Waals surface area contributed by atoms with Crippen molar-refractivity contribution in [3.05, 3.63) is 11.9 Å². The van der Waals surface area contributed by atoms with E-state index >= 15 is 0 Å². The molecule has 0 atom stereocenters. The second-order valence-electron chi connectivity index (χ2n) is 3.21. The normalized spacial score (nSPS) is 10.3. The number of allylic oxidation sites excluding steroid dienone is 1. The highest BCUT2D eigenvalue weighted by Gasteiger charge is 1.95. The van der Waals surface area contributed by atoms with Gasteiger partial charge in [0.15, 0.2) is 0 Å². The van der Waals surface area contributed by atoms with Gasteiger partial charge in [0.1, 0.15) is 0 Å². The van der Waals surface area contributed by atoms with Crippen molar-refractivity contribution >= 4 is 12.2 Å². The number of nitrogens with zero attached hydrogens (tertiary/aromatic N) is 2. The van der Waals surface area contributed by atoms with Crippen molar-refractivity contribution in [1.82, 2.24) is 0 Å². The number of hydrogen-bond acceptors (Lipinski definition) is 4. The SMILES string of the molecule is CCCCCCCC(=CN=C=O)N=C=O. The van der Waals surface area contributed by atoms with Crippen LogP contribution in [0.4, 0.5) is 0 Å². The maximum Gasteiger partial charge on any atom is 0.240 e. The number of hydrogen-bond donors (Lipinski definition) is 0. The molecule has 0 heterocycles. The molecule has 0 aliphatic carbocycles. The summed E-state index contributed by atoms with van der Waals surface area (Å²) in [5.74, 6) is 0. The Morgan fingerprint density at radius 1 is 1.13 bits per heavy atom. The summed E-state index contributed by atoms with van der Waals surface area (Å²) in [5, 5.41) is 0. The zero-order chi connectivity index (χ0) is 11.4. The van der Waals surface area contributed by atoms with Crippen molar-refractivity contribution < 1.29 is 9.59 Å². The lowest BCUT2D eigenvalue weighted by atomic mass is 10.1. The Morgan fingerprint density at radius 3 is 2.47 bits per heavy atom. The van der Waals surface area contributed by atoms with E-state index in [0.717, 1.165) is 12.8 Å². The Kier molecular flexibility index (Phi) is 9.52. The maximum atomic E-state index is 10.0. The summed E-state index contributed by atoms with van der Waals surface area (Å²) < 4.78 is 0. The fourth-order valence-corrected chi connectivity index (χ4v) is 1.22. The van der Waals surface area contributed by atoms with Crippen molar-refractivity contribution in [3.63, 3.8) is 0 Å². The molecule has 0 N–H and O–H groups in total. The largest absolute Gasteiger partial charge is 0.240 e. The van der Waals surface area contributed by atoms with Crippen molar-refractivity contribution in [2.24, 2.45) is 9.98 Å². The fraction of sp³-hybridized carbons (Fsp3) is 0.636. The van der Waals surface area contributed by atoms with E-state index in [1.165, 1.54) is 37.6 Å². The molecule has 0 unspecified atom stereocenters. The summed E-state index contributed by atoms with van der Waals surface area (Å²) in [7, 11) is 0. The van der Waals surface area contributed by atoms with Gasteiger partial charge in [0.05, 0.1) is 11.9 Å². The third-order valence-electron chi connectivity index (χ3n) is 1.99. The molecule has 0 radical (unpaired) electrons. The van der Waals surface area contributed by atoms with Gasteiger partial charge in [-0.15, -0.1) is 0 Å². The second kappa shape index (κ2) is 10.6. The quantitative estimate of drug-likeness (QED) is 0.350. The molecule has 0 fully saturated rings. The first-order chi connectivity index (χ1) is 7.35. The van der Waals surface area contributed by atoms with Gasteiger partial charge in [-0.3, -0.25) is 0 Å². The molecule has 0 aromatic heterocycles. The van der Waals surface area contributed by atoms with E-state index in [0.29, 0.717) is 12.1 Å². The van der Waals surface area contributed by atoms with E-state index in [4.69, 9.17) is 0 Å². The van der Waals surface area contributed by atoms with Crippen LogP contribution in [0.3, 0.4) is 0 Å². The molecular formula is C11H16N2O2. The molecule has 0 aliphatic rings. The Balaban J connectivity index is 3.86. The lowest BCUT2D eigenvalue weighted by molar-refractivity contribution is 0.562. The number of rotatable bonds is 8. The first-order valence-electron chi connectivity index (χ1n) is 5.19. The van der Waals surface area contributed by atoms with Gasteiger partial charge in [-0.1, -0.05) is 32.6 Å². The van der Waals surface area contributed by atoms with Gasteiger partial charge in [-0.2, -0.15) is 9.98 Å². The minimum absolute atomic E-state index is 0.491. The highest BCUT2D eigenvalue weighted by Crippen LogP contribution is 2.11. The van der Waals surface area contributed by atoms with Crippen LogP contribution in [-0.2, 0) is 9.59 Å².